The van der Waals surface area contributed by atoms with Gasteiger partial charge in [0, 0.05) is 6.99 Å². The van der Waals surface area contributed by atoms with Crippen molar-refractivity contribution in [2.75, 3.05) is 17.5 Å². The van der Waals surface area contributed by atoms with Gasteiger partial charge in [0.05, 0.1) is 35.2 Å². The fourth-order valence-corrected chi connectivity index (χ4v) is 4.09. The van der Waals surface area contributed by atoms with Crippen molar-refractivity contribution in [3.05, 3.63) is 46.6 Å². The van der Waals surface area contributed by atoms with E-state index in [1.165, 1.54) is 11.3 Å². The Morgan fingerprint density at radius 3 is 2.60 bits per heavy atom. The van der Waals surface area contributed by atoms with E-state index >= 15 is 0 Å². The lowest BCUT2D eigenvalue weighted by Crippen LogP contribution is -2.19. The summed E-state index contributed by atoms with van der Waals surface area (Å²) in [5.41, 5.74) is 9.71. The van der Waals surface area contributed by atoms with Crippen molar-refractivity contribution in [3.63, 3.8) is 0 Å². The highest BCUT2D eigenvalue weighted by molar-refractivity contribution is 7.15. The molecule has 3 N–H and O–H groups in total. The van der Waals surface area contributed by atoms with E-state index in [1.807, 2.05) is 13.0 Å². The lowest BCUT2D eigenvalue weighted by atomic mass is 9.99. The van der Waals surface area contributed by atoms with Gasteiger partial charge in [-0.05, 0) is 30.5 Å². The van der Waals surface area contributed by atoms with E-state index in [1.54, 1.807) is 12.1 Å². The second-order valence-corrected chi connectivity index (χ2v) is 9.41. The van der Waals surface area contributed by atoms with Gasteiger partial charge in [-0.15, -0.1) is 16.9 Å². The molecule has 0 amide bonds. The predicted octanol–water partition coefficient (Wildman–Crippen LogP) is 5.52. The highest BCUT2D eigenvalue weighted by atomic mass is 32.1. The molecule has 9 heteroatoms. The van der Waals surface area contributed by atoms with Crippen LogP contribution in [-0.4, -0.2) is 16.6 Å². The Morgan fingerprint density at radius 2 is 1.83 bits per heavy atom. The van der Waals surface area contributed by atoms with Gasteiger partial charge >= 0.3 is 0 Å². The summed E-state index contributed by atoms with van der Waals surface area (Å²) < 4.78 is 35.0. The number of aromatic nitrogens is 2. The van der Waals surface area contributed by atoms with E-state index < -0.39 is 11.6 Å². The Labute approximate surface area is 179 Å². The van der Waals surface area contributed by atoms with Crippen LogP contribution in [-0.2, 0) is 11.3 Å². The topological polar surface area (TPSA) is 71.1 Å². The van der Waals surface area contributed by atoms with E-state index in [-0.39, 0.29) is 23.8 Å². The normalized spacial score (nSPS) is 13.1. The number of benzene rings is 1. The number of rotatable bonds is 5. The molecule has 160 valence electrons. The van der Waals surface area contributed by atoms with Crippen molar-refractivity contribution in [2.45, 2.75) is 34.3 Å². The molecule has 0 atom stereocenters. The lowest BCUT2D eigenvalue weighted by molar-refractivity contribution is 0.0597. The van der Waals surface area contributed by atoms with Gasteiger partial charge in [0.15, 0.2) is 11.6 Å². The average Bonchev–Trinajstić information content (AvgIpc) is 3.31. The summed E-state index contributed by atoms with van der Waals surface area (Å²) in [6, 6.07) is 6.43. The number of ether oxygens (including phenoxy) is 1. The second-order valence-electron chi connectivity index (χ2n) is 8.33. The second kappa shape index (κ2) is 7.90. The maximum atomic E-state index is 14.9. The minimum atomic E-state index is -0.578. The predicted molar refractivity (Wildman–Crippen MR) is 117 cm³/mol. The fraction of sp³-hybridized carbons (Fsp3) is 0.333. The first kappa shape index (κ1) is 20.6. The van der Waals surface area contributed by atoms with E-state index in [2.05, 4.69) is 47.1 Å². The maximum absolute atomic E-state index is 14.9. The molecule has 2 aromatic heterocycles. The van der Waals surface area contributed by atoms with Crippen LogP contribution in [0.2, 0.25) is 0 Å². The largest absolute Gasteiger partial charge is 0.374 e. The number of halogens is 2. The zero-order valence-electron chi connectivity index (χ0n) is 17.2. The van der Waals surface area contributed by atoms with Gasteiger partial charge in [-0.3, -0.25) is 10.9 Å². The Morgan fingerprint density at radius 1 is 1.10 bits per heavy atom. The van der Waals surface area contributed by atoms with Gasteiger partial charge in [0.1, 0.15) is 16.4 Å². The molecule has 3 aromatic rings. The molecule has 3 heterocycles. The van der Waals surface area contributed by atoms with Crippen LogP contribution >= 0.6 is 11.3 Å². The van der Waals surface area contributed by atoms with Gasteiger partial charge in [0.2, 0.25) is 0 Å². The molecule has 0 saturated heterocycles. The third-order valence-corrected chi connectivity index (χ3v) is 5.60. The molecular formula is C21H25F2N5OS. The molecule has 0 saturated carbocycles. The summed E-state index contributed by atoms with van der Waals surface area (Å²) in [4.78, 5) is 10.1. The van der Waals surface area contributed by atoms with Crippen LogP contribution in [0.1, 0.15) is 32.9 Å². The first-order chi connectivity index (χ1) is 14.2. The van der Waals surface area contributed by atoms with E-state index in [4.69, 9.17) is 4.74 Å². The number of fused-ring (bicyclic) bond motifs is 1. The van der Waals surface area contributed by atoms with Gasteiger partial charge in [-0.1, -0.05) is 26.8 Å². The number of hydrazine groups is 2. The van der Waals surface area contributed by atoms with Crippen LogP contribution in [0.4, 0.5) is 20.2 Å². The number of nitrogens with zero attached hydrogens (tertiary/aromatic N) is 2. The minimum Gasteiger partial charge on any atom is -0.374 e. The maximum Gasteiger partial charge on any atom is 0.159 e. The molecule has 0 aliphatic carbocycles. The Bertz CT molecular complexity index is 1100. The zero-order chi connectivity index (χ0) is 21.5. The SMILES string of the molecule is Cc1nc(COCC(C)(C)C)sc1-c1cccc(-c2cc(F)c3c(c2F)NNN3)n1.[HH]. The molecule has 0 spiro atoms. The van der Waals surface area contributed by atoms with Crippen LogP contribution in [0, 0.1) is 24.0 Å². The first-order valence-corrected chi connectivity index (χ1v) is 10.4. The highest BCUT2D eigenvalue weighted by Gasteiger charge is 2.24. The Kier molecular flexibility index (Phi) is 5.44. The Balaban J connectivity index is 0.00000272. The van der Waals surface area contributed by atoms with Crippen LogP contribution in [0.15, 0.2) is 24.3 Å². The van der Waals surface area contributed by atoms with Crippen molar-refractivity contribution >= 4 is 22.7 Å². The van der Waals surface area contributed by atoms with E-state index in [0.29, 0.717) is 24.6 Å². The lowest BCUT2D eigenvalue weighted by Gasteiger charge is -2.17. The molecule has 0 bridgehead atoms. The van der Waals surface area contributed by atoms with Gasteiger partial charge in [-0.2, -0.15) is 0 Å². The van der Waals surface area contributed by atoms with Crippen molar-refractivity contribution in [1.29, 1.82) is 0 Å². The molecular weight excluding hydrogens is 408 g/mol. The molecule has 6 nitrogen and oxygen atoms in total. The summed E-state index contributed by atoms with van der Waals surface area (Å²) in [5.74, 6) is -1.15. The molecule has 0 fully saturated rings. The minimum absolute atomic E-state index is 0. The van der Waals surface area contributed by atoms with E-state index in [9.17, 15) is 8.78 Å². The number of thiazole rings is 1. The Hall–Kier alpha value is -2.62. The molecule has 4 rings (SSSR count). The molecule has 1 aromatic carbocycles. The van der Waals surface area contributed by atoms with Crippen molar-refractivity contribution in [2.24, 2.45) is 5.41 Å². The van der Waals surface area contributed by atoms with Gasteiger partial charge in [-0.25, -0.2) is 18.7 Å². The molecule has 0 radical (unpaired) electrons. The summed E-state index contributed by atoms with van der Waals surface area (Å²) in [6.45, 7) is 9.31. The van der Waals surface area contributed by atoms with Crippen LogP contribution in [0.3, 0.4) is 0 Å². The number of pyridine rings is 1. The van der Waals surface area contributed by atoms with Crippen molar-refractivity contribution < 1.29 is 14.9 Å². The monoisotopic (exact) mass is 433 g/mol. The standard InChI is InChI=1S/C21H23F2N5OS.H2/c1-11-20(30-16(24-11)9-29-10-21(2,3)4)15-7-5-6-14(25-15)12-8-13(22)18-19(17(12)23)27-28-26-18;/h5-8,26-28H,9-10H2,1-4H3;1H. The average molecular weight is 434 g/mol. The van der Waals surface area contributed by atoms with E-state index in [0.717, 1.165) is 21.6 Å². The number of aryl methyl sites for hydroxylation is 1. The van der Waals surface area contributed by atoms with Crippen molar-refractivity contribution in [1.82, 2.24) is 15.5 Å². The molecule has 0 unspecified atom stereocenters. The van der Waals surface area contributed by atoms with Crippen LogP contribution in [0.5, 0.6) is 0 Å². The fourth-order valence-electron chi connectivity index (χ4n) is 3.12. The third kappa shape index (κ3) is 4.14. The number of anilines is 2. The summed E-state index contributed by atoms with van der Waals surface area (Å²) in [6.07, 6.45) is 0. The molecule has 30 heavy (non-hydrogen) atoms. The summed E-state index contributed by atoms with van der Waals surface area (Å²) >= 11 is 1.50. The zero-order valence-corrected chi connectivity index (χ0v) is 18.0. The molecule has 1 aliphatic rings. The molecule has 1 aliphatic heterocycles. The third-order valence-electron chi connectivity index (χ3n) is 4.45. The van der Waals surface area contributed by atoms with Crippen molar-refractivity contribution in [3.8, 4) is 21.8 Å². The highest BCUT2D eigenvalue weighted by Crippen LogP contribution is 2.38. The van der Waals surface area contributed by atoms with Crippen LogP contribution in [0.25, 0.3) is 21.8 Å². The number of hydrogen-bond donors (Lipinski definition) is 3. The van der Waals surface area contributed by atoms with Gasteiger partial charge < -0.3 is 4.74 Å². The first-order valence-electron chi connectivity index (χ1n) is 9.54. The van der Waals surface area contributed by atoms with Crippen LogP contribution < -0.4 is 16.4 Å². The quantitative estimate of drug-likeness (QED) is 0.492. The summed E-state index contributed by atoms with van der Waals surface area (Å²) in [7, 11) is 0. The van der Waals surface area contributed by atoms with Gasteiger partial charge in [0.25, 0.3) is 0 Å². The number of nitrogens with one attached hydrogen (secondary N) is 3. The summed E-state index contributed by atoms with van der Waals surface area (Å²) in [5, 5.41) is 0.857. The smallest absolute Gasteiger partial charge is 0.159 e. The number of hydrogen-bond acceptors (Lipinski definition) is 7.